The van der Waals surface area contributed by atoms with E-state index in [9.17, 15) is 0 Å². The van der Waals surface area contributed by atoms with Crippen LogP contribution in [0.15, 0.2) is 18.2 Å². The first-order chi connectivity index (χ1) is 8.70. The summed E-state index contributed by atoms with van der Waals surface area (Å²) in [5.74, 6) is 0. The normalized spacial score (nSPS) is 17.6. The summed E-state index contributed by atoms with van der Waals surface area (Å²) in [6.07, 6.45) is 0. The molecular formula is C13H15Cl2N3. The molecule has 5 heteroatoms. The van der Waals surface area contributed by atoms with E-state index in [1.807, 2.05) is 12.1 Å². The van der Waals surface area contributed by atoms with Gasteiger partial charge in [0.2, 0.25) is 0 Å². The maximum absolute atomic E-state index is 8.65. The molecule has 0 atom stereocenters. The van der Waals surface area contributed by atoms with Crippen LogP contribution < -0.4 is 0 Å². The van der Waals surface area contributed by atoms with E-state index in [2.05, 4.69) is 15.9 Å². The fourth-order valence-electron chi connectivity index (χ4n) is 2.12. The molecule has 0 aromatic heterocycles. The van der Waals surface area contributed by atoms with Crippen LogP contribution >= 0.6 is 23.2 Å². The van der Waals surface area contributed by atoms with E-state index in [0.717, 1.165) is 38.3 Å². The average molecular weight is 284 g/mol. The Morgan fingerprint density at radius 1 is 1.11 bits per heavy atom. The first-order valence-corrected chi connectivity index (χ1v) is 6.71. The average Bonchev–Trinajstić information content (AvgIpc) is 2.38. The summed E-state index contributed by atoms with van der Waals surface area (Å²) in [7, 11) is 0. The van der Waals surface area contributed by atoms with Crippen LogP contribution in [-0.2, 0) is 6.54 Å². The number of piperazine rings is 1. The van der Waals surface area contributed by atoms with Crippen LogP contribution in [0.3, 0.4) is 0 Å². The zero-order valence-electron chi connectivity index (χ0n) is 10.1. The Bertz CT molecular complexity index is 448. The quantitative estimate of drug-likeness (QED) is 0.799. The standard InChI is InChI=1S/C13H15Cl2N3/c14-12-3-1-2-11(13(12)15)10-18-8-6-17(5-4-16)7-9-18/h1-3H,5-10H2. The van der Waals surface area contributed by atoms with Crippen molar-refractivity contribution in [2.24, 2.45) is 0 Å². The van der Waals surface area contributed by atoms with Gasteiger partial charge in [-0.1, -0.05) is 35.3 Å². The van der Waals surface area contributed by atoms with Crippen molar-refractivity contribution in [2.45, 2.75) is 6.54 Å². The van der Waals surface area contributed by atoms with Gasteiger partial charge in [-0.2, -0.15) is 5.26 Å². The summed E-state index contributed by atoms with van der Waals surface area (Å²) in [6.45, 7) is 5.14. The molecule has 0 amide bonds. The number of nitriles is 1. The lowest BCUT2D eigenvalue weighted by atomic mass is 10.2. The van der Waals surface area contributed by atoms with Crippen molar-refractivity contribution in [3.05, 3.63) is 33.8 Å². The molecule has 0 unspecified atom stereocenters. The second-order valence-corrected chi connectivity index (χ2v) is 5.21. The molecule has 1 aromatic carbocycles. The van der Waals surface area contributed by atoms with E-state index in [0.29, 0.717) is 16.6 Å². The van der Waals surface area contributed by atoms with Crippen molar-refractivity contribution in [3.63, 3.8) is 0 Å². The number of benzene rings is 1. The van der Waals surface area contributed by atoms with Gasteiger partial charge in [0.15, 0.2) is 0 Å². The van der Waals surface area contributed by atoms with Crippen LogP contribution in [0.1, 0.15) is 5.56 Å². The number of hydrogen-bond donors (Lipinski definition) is 0. The highest BCUT2D eigenvalue weighted by atomic mass is 35.5. The first-order valence-electron chi connectivity index (χ1n) is 5.95. The zero-order chi connectivity index (χ0) is 13.0. The molecule has 2 rings (SSSR count). The van der Waals surface area contributed by atoms with Crippen molar-refractivity contribution in [1.29, 1.82) is 5.26 Å². The Hall–Kier alpha value is -0.790. The molecule has 1 fully saturated rings. The molecule has 3 nitrogen and oxygen atoms in total. The third-order valence-corrected chi connectivity index (χ3v) is 4.04. The third kappa shape index (κ3) is 3.37. The molecule has 0 radical (unpaired) electrons. The molecule has 0 bridgehead atoms. The molecule has 0 N–H and O–H groups in total. The zero-order valence-corrected chi connectivity index (χ0v) is 11.6. The van der Waals surface area contributed by atoms with E-state index < -0.39 is 0 Å². The van der Waals surface area contributed by atoms with Gasteiger partial charge in [-0.3, -0.25) is 9.80 Å². The summed E-state index contributed by atoms with van der Waals surface area (Å²) in [4.78, 5) is 4.50. The maximum Gasteiger partial charge on any atom is 0.0866 e. The number of rotatable bonds is 3. The molecule has 1 aliphatic rings. The lowest BCUT2D eigenvalue weighted by Crippen LogP contribution is -2.45. The van der Waals surface area contributed by atoms with Gasteiger partial charge in [0.05, 0.1) is 22.7 Å². The van der Waals surface area contributed by atoms with Crippen LogP contribution in [0.2, 0.25) is 10.0 Å². The highest BCUT2D eigenvalue weighted by Gasteiger charge is 2.17. The second-order valence-electron chi connectivity index (χ2n) is 4.42. The molecule has 1 heterocycles. The Balaban J connectivity index is 1.92. The summed E-state index contributed by atoms with van der Waals surface area (Å²) in [5, 5.41) is 9.91. The monoisotopic (exact) mass is 283 g/mol. The van der Waals surface area contributed by atoms with Crippen molar-refractivity contribution in [3.8, 4) is 6.07 Å². The number of hydrogen-bond acceptors (Lipinski definition) is 3. The van der Waals surface area contributed by atoms with E-state index in [4.69, 9.17) is 28.5 Å². The Morgan fingerprint density at radius 2 is 1.78 bits per heavy atom. The molecule has 96 valence electrons. The number of nitrogens with zero attached hydrogens (tertiary/aromatic N) is 3. The minimum atomic E-state index is 0.520. The van der Waals surface area contributed by atoms with Gasteiger partial charge in [0.1, 0.15) is 0 Å². The summed E-state index contributed by atoms with van der Waals surface area (Å²) < 4.78 is 0. The minimum absolute atomic E-state index is 0.520. The molecule has 1 aromatic rings. The highest BCUT2D eigenvalue weighted by Crippen LogP contribution is 2.26. The van der Waals surface area contributed by atoms with Crippen LogP contribution in [-0.4, -0.2) is 42.5 Å². The molecule has 0 aliphatic carbocycles. The fourth-order valence-corrected chi connectivity index (χ4v) is 2.50. The summed E-state index contributed by atoms with van der Waals surface area (Å²) in [5.41, 5.74) is 1.07. The van der Waals surface area contributed by atoms with Gasteiger partial charge in [0, 0.05) is 32.7 Å². The fraction of sp³-hybridized carbons (Fsp3) is 0.462. The third-order valence-electron chi connectivity index (χ3n) is 3.18. The van der Waals surface area contributed by atoms with Gasteiger partial charge in [-0.15, -0.1) is 0 Å². The predicted octanol–water partition coefficient (Wildman–Crippen LogP) is 2.63. The molecule has 0 spiro atoms. The second kappa shape index (κ2) is 6.40. The van der Waals surface area contributed by atoms with Crippen LogP contribution in [0.25, 0.3) is 0 Å². The summed E-state index contributed by atoms with van der Waals surface area (Å²) in [6, 6.07) is 7.93. The maximum atomic E-state index is 8.65. The van der Waals surface area contributed by atoms with Crippen molar-refractivity contribution in [2.75, 3.05) is 32.7 Å². The smallest absolute Gasteiger partial charge is 0.0866 e. The van der Waals surface area contributed by atoms with Crippen LogP contribution in [0, 0.1) is 11.3 Å². The van der Waals surface area contributed by atoms with Gasteiger partial charge >= 0.3 is 0 Å². The van der Waals surface area contributed by atoms with Gasteiger partial charge in [-0.25, -0.2) is 0 Å². The minimum Gasteiger partial charge on any atom is -0.296 e. The Kier molecular flexibility index (Phi) is 4.85. The predicted molar refractivity (Wildman–Crippen MR) is 73.8 cm³/mol. The van der Waals surface area contributed by atoms with Crippen molar-refractivity contribution < 1.29 is 0 Å². The van der Waals surface area contributed by atoms with Crippen molar-refractivity contribution >= 4 is 23.2 Å². The highest BCUT2D eigenvalue weighted by molar-refractivity contribution is 6.42. The lowest BCUT2D eigenvalue weighted by Gasteiger charge is -2.33. The van der Waals surface area contributed by atoms with Crippen LogP contribution in [0.4, 0.5) is 0 Å². The van der Waals surface area contributed by atoms with E-state index >= 15 is 0 Å². The Labute approximate surface area is 117 Å². The van der Waals surface area contributed by atoms with E-state index in [1.54, 1.807) is 6.07 Å². The summed E-state index contributed by atoms with van der Waals surface area (Å²) >= 11 is 12.2. The van der Waals surface area contributed by atoms with Gasteiger partial charge < -0.3 is 0 Å². The molecular weight excluding hydrogens is 269 g/mol. The van der Waals surface area contributed by atoms with E-state index in [-0.39, 0.29) is 0 Å². The molecule has 1 aliphatic heterocycles. The molecule has 0 saturated carbocycles. The molecule has 1 saturated heterocycles. The SMILES string of the molecule is N#CCN1CCN(Cc2cccc(Cl)c2Cl)CC1. The number of halogens is 2. The topological polar surface area (TPSA) is 30.3 Å². The molecule has 18 heavy (non-hydrogen) atoms. The van der Waals surface area contributed by atoms with Gasteiger partial charge in [0.25, 0.3) is 0 Å². The lowest BCUT2D eigenvalue weighted by molar-refractivity contribution is 0.138. The van der Waals surface area contributed by atoms with Crippen LogP contribution in [0.5, 0.6) is 0 Å². The first kappa shape index (κ1) is 13.6. The van der Waals surface area contributed by atoms with Gasteiger partial charge in [-0.05, 0) is 11.6 Å². The van der Waals surface area contributed by atoms with Crippen molar-refractivity contribution in [1.82, 2.24) is 9.80 Å². The largest absolute Gasteiger partial charge is 0.296 e. The van der Waals surface area contributed by atoms with E-state index in [1.165, 1.54) is 0 Å². The Morgan fingerprint density at radius 3 is 2.44 bits per heavy atom.